The van der Waals surface area contributed by atoms with Crippen molar-refractivity contribution in [2.45, 2.75) is 13.8 Å². The molecule has 0 atom stereocenters. The first-order valence-electron chi connectivity index (χ1n) is 5.90. The molecule has 0 unspecified atom stereocenters. The summed E-state index contributed by atoms with van der Waals surface area (Å²) in [4.78, 5) is 6.00. The van der Waals surface area contributed by atoms with Crippen molar-refractivity contribution in [3.8, 4) is 0 Å². The number of benzene rings is 1. The first-order valence-corrected chi connectivity index (χ1v) is 7.26. The first-order chi connectivity index (χ1) is 8.59. The molecule has 1 aliphatic heterocycles. The van der Waals surface area contributed by atoms with Gasteiger partial charge >= 0.3 is 0 Å². The second-order valence-electron chi connectivity index (χ2n) is 4.25. The lowest BCUT2D eigenvalue weighted by Gasteiger charge is -2.16. The van der Waals surface area contributed by atoms with Crippen molar-refractivity contribution >= 4 is 29.1 Å². The van der Waals surface area contributed by atoms with Crippen LogP contribution in [-0.4, -0.2) is 18.0 Å². The third-order valence-corrected chi connectivity index (χ3v) is 4.44. The van der Waals surface area contributed by atoms with Gasteiger partial charge in [-0.25, -0.2) is 0 Å². The van der Waals surface area contributed by atoms with Crippen LogP contribution < -0.4 is 0 Å². The lowest BCUT2D eigenvalue weighted by Crippen LogP contribution is -2.10. The molecule has 1 heterocycles. The summed E-state index contributed by atoms with van der Waals surface area (Å²) >= 11 is 7.78. The van der Waals surface area contributed by atoms with Crippen molar-refractivity contribution in [3.63, 3.8) is 0 Å². The van der Waals surface area contributed by atoms with E-state index in [0.29, 0.717) is 0 Å². The number of nitrogens with zero attached hydrogens (tertiary/aromatic N) is 1. The van der Waals surface area contributed by atoms with Gasteiger partial charge in [0.2, 0.25) is 0 Å². The zero-order chi connectivity index (χ0) is 13.1. The van der Waals surface area contributed by atoms with Crippen molar-refractivity contribution in [3.05, 3.63) is 57.5 Å². The second-order valence-corrected chi connectivity index (χ2v) is 5.99. The Labute approximate surface area is 118 Å². The van der Waals surface area contributed by atoms with E-state index in [4.69, 9.17) is 11.6 Å². The Balaban J connectivity index is 2.42. The summed E-state index contributed by atoms with van der Waals surface area (Å²) in [5.41, 5.74) is 4.32. The molecule has 2 rings (SSSR count). The minimum absolute atomic E-state index is 0.745. The Morgan fingerprint density at radius 2 is 1.89 bits per heavy atom. The Hall–Kier alpha value is -0.990. The zero-order valence-corrected chi connectivity index (χ0v) is 12.2. The number of aliphatic imine (C=N–C) groups is 1. The fourth-order valence-corrected chi connectivity index (χ4v) is 2.78. The van der Waals surface area contributed by atoms with Crippen molar-refractivity contribution in [1.29, 1.82) is 0 Å². The predicted molar refractivity (Wildman–Crippen MR) is 82.8 cm³/mol. The minimum Gasteiger partial charge on any atom is -0.283 e. The molecular formula is C15H16ClNS. The largest absolute Gasteiger partial charge is 0.283 e. The van der Waals surface area contributed by atoms with E-state index < -0.39 is 0 Å². The highest BCUT2D eigenvalue weighted by Gasteiger charge is 2.13. The van der Waals surface area contributed by atoms with E-state index in [1.807, 2.05) is 36.0 Å². The van der Waals surface area contributed by atoms with Gasteiger partial charge in [0, 0.05) is 22.9 Å². The van der Waals surface area contributed by atoms with Crippen LogP contribution in [0.3, 0.4) is 0 Å². The highest BCUT2D eigenvalue weighted by atomic mass is 35.5. The molecule has 3 heteroatoms. The van der Waals surface area contributed by atoms with Crippen molar-refractivity contribution < 1.29 is 0 Å². The molecule has 1 aliphatic rings. The lowest BCUT2D eigenvalue weighted by atomic mass is 9.98. The molecule has 94 valence electrons. The molecule has 18 heavy (non-hydrogen) atoms. The fraction of sp³-hybridized carbons (Fsp3) is 0.267. The summed E-state index contributed by atoms with van der Waals surface area (Å²) in [6, 6.07) is 7.80. The average molecular weight is 278 g/mol. The molecular weight excluding hydrogens is 262 g/mol. The second kappa shape index (κ2) is 5.77. The molecule has 0 radical (unpaired) electrons. The van der Waals surface area contributed by atoms with E-state index in [1.165, 1.54) is 10.5 Å². The number of hydrogen-bond donors (Lipinski definition) is 0. The molecule has 0 aliphatic carbocycles. The zero-order valence-electron chi connectivity index (χ0n) is 10.7. The highest BCUT2D eigenvalue weighted by molar-refractivity contribution is 8.03. The summed E-state index contributed by atoms with van der Waals surface area (Å²) in [6.07, 6.45) is 0. The maximum atomic E-state index is 5.92. The smallest absolute Gasteiger partial charge is 0.0716 e. The van der Waals surface area contributed by atoms with Crippen LogP contribution in [0.15, 0.2) is 51.9 Å². The number of halogens is 1. The maximum Gasteiger partial charge on any atom is 0.0716 e. The molecule has 1 nitrogen and oxygen atoms in total. The van der Waals surface area contributed by atoms with E-state index in [9.17, 15) is 0 Å². The molecule has 1 aromatic carbocycles. The van der Waals surface area contributed by atoms with Gasteiger partial charge in [0.25, 0.3) is 0 Å². The van der Waals surface area contributed by atoms with Crippen LogP contribution >= 0.6 is 23.4 Å². The van der Waals surface area contributed by atoms with Gasteiger partial charge in [0.05, 0.1) is 5.71 Å². The van der Waals surface area contributed by atoms with Crippen LogP contribution in [0.4, 0.5) is 0 Å². The van der Waals surface area contributed by atoms with E-state index in [-0.39, 0.29) is 0 Å². The fourth-order valence-electron chi connectivity index (χ4n) is 1.82. The van der Waals surface area contributed by atoms with E-state index >= 15 is 0 Å². The summed E-state index contributed by atoms with van der Waals surface area (Å²) in [7, 11) is 0. The summed E-state index contributed by atoms with van der Waals surface area (Å²) in [6.45, 7) is 9.28. The number of allylic oxidation sites excluding steroid dienone is 3. The van der Waals surface area contributed by atoms with Crippen LogP contribution in [0.5, 0.6) is 0 Å². The molecule has 0 fully saturated rings. The standard InChI is InChI=1S/C15H16ClNS/c1-10-11(2)15(17-8-9-18-12(10)3)13-4-6-14(16)7-5-13/h4-7H,2,8-9H2,1,3H3/b12-10-,17-15+. The summed E-state index contributed by atoms with van der Waals surface area (Å²) in [5, 5.41) is 0.745. The van der Waals surface area contributed by atoms with Crippen molar-refractivity contribution in [2.24, 2.45) is 4.99 Å². The van der Waals surface area contributed by atoms with Crippen LogP contribution in [0.2, 0.25) is 5.02 Å². The number of thioether (sulfide) groups is 1. The third-order valence-electron chi connectivity index (χ3n) is 3.06. The van der Waals surface area contributed by atoms with E-state index in [1.54, 1.807) is 0 Å². The minimum atomic E-state index is 0.745. The van der Waals surface area contributed by atoms with Crippen LogP contribution in [-0.2, 0) is 0 Å². The van der Waals surface area contributed by atoms with Gasteiger partial charge in [-0.1, -0.05) is 30.3 Å². The quantitative estimate of drug-likeness (QED) is 0.723. The van der Waals surface area contributed by atoms with Crippen molar-refractivity contribution in [2.75, 3.05) is 12.3 Å². The van der Waals surface area contributed by atoms with E-state index in [2.05, 4.69) is 25.4 Å². The van der Waals surface area contributed by atoms with Crippen LogP contribution in [0.25, 0.3) is 0 Å². The molecule has 0 N–H and O–H groups in total. The topological polar surface area (TPSA) is 12.4 Å². The number of rotatable bonds is 1. The SMILES string of the molecule is C=C1/C(c2ccc(Cl)cc2)=N\CCS/C(C)=C\1C. The third kappa shape index (κ3) is 2.88. The van der Waals surface area contributed by atoms with Gasteiger partial charge in [-0.15, -0.1) is 11.8 Å². The molecule has 1 aromatic rings. The maximum absolute atomic E-state index is 5.92. The molecule has 0 spiro atoms. The van der Waals surface area contributed by atoms with Crippen LogP contribution in [0, 0.1) is 0 Å². The molecule has 0 saturated carbocycles. The van der Waals surface area contributed by atoms with Crippen LogP contribution in [0.1, 0.15) is 19.4 Å². The molecule has 0 amide bonds. The highest BCUT2D eigenvalue weighted by Crippen LogP contribution is 2.27. The summed E-state index contributed by atoms with van der Waals surface area (Å²) < 4.78 is 0. The predicted octanol–water partition coefficient (Wildman–Crippen LogP) is 4.73. The van der Waals surface area contributed by atoms with Gasteiger partial charge < -0.3 is 0 Å². The Kier molecular flexibility index (Phi) is 4.31. The normalized spacial score (nSPS) is 24.2. The molecule has 0 bridgehead atoms. The molecule has 0 aromatic heterocycles. The Bertz CT molecular complexity index is 526. The van der Waals surface area contributed by atoms with Gasteiger partial charge in [0.15, 0.2) is 0 Å². The van der Waals surface area contributed by atoms with Gasteiger partial charge in [-0.05, 0) is 42.0 Å². The van der Waals surface area contributed by atoms with Crippen molar-refractivity contribution in [1.82, 2.24) is 0 Å². The summed E-state index contributed by atoms with van der Waals surface area (Å²) in [5.74, 6) is 1.02. The molecule has 0 saturated heterocycles. The lowest BCUT2D eigenvalue weighted by molar-refractivity contribution is 1.13. The van der Waals surface area contributed by atoms with Gasteiger partial charge in [0.1, 0.15) is 0 Å². The van der Waals surface area contributed by atoms with Gasteiger partial charge in [-0.3, -0.25) is 4.99 Å². The number of hydrogen-bond acceptors (Lipinski definition) is 2. The van der Waals surface area contributed by atoms with Gasteiger partial charge in [-0.2, -0.15) is 0 Å². The Morgan fingerprint density at radius 3 is 2.56 bits per heavy atom. The van der Waals surface area contributed by atoms with E-state index in [0.717, 1.165) is 34.2 Å². The monoisotopic (exact) mass is 277 g/mol. The Morgan fingerprint density at radius 1 is 1.22 bits per heavy atom. The average Bonchev–Trinajstić information content (AvgIpc) is 2.37. The first kappa shape index (κ1) is 13.4.